The lowest BCUT2D eigenvalue weighted by Gasteiger charge is -2.30. The molecule has 0 spiro atoms. The first-order valence-electron chi connectivity index (χ1n) is 12.7. The van der Waals surface area contributed by atoms with Crippen molar-refractivity contribution in [3.63, 3.8) is 0 Å². The molecule has 1 aromatic heterocycles. The van der Waals surface area contributed by atoms with Crippen molar-refractivity contribution in [3.8, 4) is 0 Å². The zero-order chi connectivity index (χ0) is 25.4. The summed E-state index contributed by atoms with van der Waals surface area (Å²) in [5.74, 6) is -0.0473. The second kappa shape index (κ2) is 9.93. The maximum atomic E-state index is 12.3. The van der Waals surface area contributed by atoms with Gasteiger partial charge in [-0.3, -0.25) is 4.79 Å². The number of benzene rings is 2. The van der Waals surface area contributed by atoms with Crippen LogP contribution in [-0.2, 0) is 22.5 Å². The van der Waals surface area contributed by atoms with Gasteiger partial charge in [-0.25, -0.2) is 9.78 Å². The van der Waals surface area contributed by atoms with E-state index >= 15 is 0 Å². The van der Waals surface area contributed by atoms with E-state index in [0.29, 0.717) is 25.9 Å². The van der Waals surface area contributed by atoms with Crippen LogP contribution in [0.25, 0.3) is 11.0 Å². The molecular formula is C28H33N3O5. The van der Waals surface area contributed by atoms with Gasteiger partial charge in [0.05, 0.1) is 42.8 Å². The molecule has 2 aromatic carbocycles. The number of aliphatic hydroxyl groups is 1. The predicted octanol–water partition coefficient (Wildman–Crippen LogP) is 4.81. The molecule has 2 N–H and O–H groups in total. The molecule has 0 unspecified atom stereocenters. The van der Waals surface area contributed by atoms with Crippen LogP contribution in [0.1, 0.15) is 73.2 Å². The lowest BCUT2D eigenvalue weighted by Crippen LogP contribution is -2.35. The molecule has 1 aliphatic heterocycles. The summed E-state index contributed by atoms with van der Waals surface area (Å²) in [6.07, 6.45) is 2.36. The minimum Gasteiger partial charge on any atom is -0.481 e. The van der Waals surface area contributed by atoms with Gasteiger partial charge in [0.25, 0.3) is 0 Å². The number of aliphatic carboxylic acids is 1. The number of imidazole rings is 1. The van der Waals surface area contributed by atoms with Gasteiger partial charge >= 0.3 is 12.1 Å². The first kappa shape index (κ1) is 24.3. The first-order chi connectivity index (χ1) is 17.4. The number of methoxy groups -OCH3 is 1. The van der Waals surface area contributed by atoms with Gasteiger partial charge in [-0.1, -0.05) is 36.4 Å². The number of aliphatic hydroxyl groups excluding tert-OH is 1. The summed E-state index contributed by atoms with van der Waals surface area (Å²) in [5.41, 5.74) is 4.80. The van der Waals surface area contributed by atoms with E-state index < -0.39 is 12.1 Å². The van der Waals surface area contributed by atoms with Crippen molar-refractivity contribution in [2.45, 2.75) is 63.6 Å². The van der Waals surface area contributed by atoms with Crippen molar-refractivity contribution in [1.82, 2.24) is 14.5 Å². The molecule has 2 atom stereocenters. The second-order valence-corrected chi connectivity index (χ2v) is 10.0. The van der Waals surface area contributed by atoms with E-state index in [-0.39, 0.29) is 24.0 Å². The molecule has 2 heterocycles. The fourth-order valence-electron chi connectivity index (χ4n) is 5.88. The molecule has 3 aromatic rings. The Kier molecular flexibility index (Phi) is 6.71. The minimum atomic E-state index is -0.736. The van der Waals surface area contributed by atoms with E-state index in [0.717, 1.165) is 47.2 Å². The largest absolute Gasteiger partial charge is 0.481 e. The van der Waals surface area contributed by atoms with Gasteiger partial charge in [0, 0.05) is 18.0 Å². The van der Waals surface area contributed by atoms with Gasteiger partial charge in [-0.2, -0.15) is 0 Å². The molecule has 0 radical (unpaired) electrons. The number of hydrogen-bond acceptors (Lipinski definition) is 5. The van der Waals surface area contributed by atoms with Crippen molar-refractivity contribution in [2.75, 3.05) is 13.7 Å². The van der Waals surface area contributed by atoms with Gasteiger partial charge in [-0.05, 0) is 56.2 Å². The normalized spacial score (nSPS) is 21.6. The number of hydrogen-bond donors (Lipinski definition) is 2. The van der Waals surface area contributed by atoms with Gasteiger partial charge in [0.15, 0.2) is 0 Å². The first-order valence-corrected chi connectivity index (χ1v) is 12.7. The van der Waals surface area contributed by atoms with Crippen molar-refractivity contribution in [3.05, 3.63) is 65.0 Å². The molecule has 8 nitrogen and oxygen atoms in total. The number of rotatable bonds is 5. The smallest absolute Gasteiger partial charge is 0.409 e. The Bertz CT molecular complexity index is 1260. The summed E-state index contributed by atoms with van der Waals surface area (Å²) in [7, 11) is 1.39. The van der Waals surface area contributed by atoms with Crippen LogP contribution in [-0.4, -0.2) is 50.4 Å². The molecule has 5 rings (SSSR count). The molecule has 1 aliphatic carbocycles. The van der Waals surface area contributed by atoms with E-state index in [1.54, 1.807) is 4.90 Å². The highest BCUT2D eigenvalue weighted by Crippen LogP contribution is 2.41. The zero-order valence-electron chi connectivity index (χ0n) is 20.8. The van der Waals surface area contributed by atoms with Crippen molar-refractivity contribution < 1.29 is 24.5 Å². The average molecular weight is 492 g/mol. The Morgan fingerprint density at radius 3 is 2.47 bits per heavy atom. The molecule has 2 aliphatic rings. The molecule has 1 amide bonds. The van der Waals surface area contributed by atoms with Crippen molar-refractivity contribution in [2.24, 2.45) is 5.92 Å². The number of carboxylic acid groups (broad SMARTS) is 1. The topological polar surface area (TPSA) is 105 Å². The lowest BCUT2D eigenvalue weighted by molar-refractivity contribution is -0.142. The van der Waals surface area contributed by atoms with E-state index in [2.05, 4.69) is 16.7 Å². The van der Waals surface area contributed by atoms with Gasteiger partial charge in [-0.15, -0.1) is 0 Å². The number of carboxylic acids is 1. The minimum absolute atomic E-state index is 0.106. The number of carbonyl (C=O) groups excluding carboxylic acids is 1. The van der Waals surface area contributed by atoms with Gasteiger partial charge in [0.1, 0.15) is 5.82 Å². The fourth-order valence-corrected chi connectivity index (χ4v) is 5.88. The quantitative estimate of drug-likeness (QED) is 0.531. The molecule has 1 saturated carbocycles. The molecule has 8 heteroatoms. The van der Waals surface area contributed by atoms with Crippen LogP contribution in [0.2, 0.25) is 0 Å². The Balaban J connectivity index is 1.60. The van der Waals surface area contributed by atoms with Crippen molar-refractivity contribution >= 4 is 23.1 Å². The van der Waals surface area contributed by atoms with E-state index in [9.17, 15) is 19.8 Å². The van der Waals surface area contributed by atoms with Crippen LogP contribution in [0.5, 0.6) is 0 Å². The SMILES string of the molecule is COC(=O)N1CCc2ccc3c(nc([C@H]4CC[C@H](C(=O)O)CC4)n3[C@@H](C)[C@@H](O)c3ccccc3)c2C1. The van der Waals surface area contributed by atoms with Crippen LogP contribution >= 0.6 is 0 Å². The Labute approximate surface area is 210 Å². The standard InChI is InChI=1S/C28H33N3O5/c1-17(25(32)19-6-4-3-5-7-19)31-23-13-12-18-14-15-30(28(35)36-2)16-22(18)24(23)29-26(31)20-8-10-21(11-9-20)27(33)34/h3-7,12-13,17,20-21,25,32H,8-11,14-16H2,1-2H3,(H,33,34)/t17-,20-,21-,25+/m0/s1. The lowest BCUT2D eigenvalue weighted by atomic mass is 9.81. The van der Waals surface area contributed by atoms with Crippen LogP contribution in [0.15, 0.2) is 42.5 Å². The number of nitrogens with zero attached hydrogens (tertiary/aromatic N) is 3. The summed E-state index contributed by atoms with van der Waals surface area (Å²) in [4.78, 5) is 30.7. The molecular weight excluding hydrogens is 458 g/mol. The highest BCUT2D eigenvalue weighted by atomic mass is 16.5. The second-order valence-electron chi connectivity index (χ2n) is 10.0. The summed E-state index contributed by atoms with van der Waals surface area (Å²) in [5, 5.41) is 20.8. The van der Waals surface area contributed by atoms with Crippen LogP contribution in [0.3, 0.4) is 0 Å². The zero-order valence-corrected chi connectivity index (χ0v) is 20.8. The highest BCUT2D eigenvalue weighted by Gasteiger charge is 2.34. The Morgan fingerprint density at radius 1 is 1.08 bits per heavy atom. The van der Waals surface area contributed by atoms with Crippen LogP contribution in [0, 0.1) is 5.92 Å². The number of amides is 1. The number of aromatic nitrogens is 2. The Hall–Kier alpha value is -3.39. The van der Waals surface area contributed by atoms with Crippen LogP contribution < -0.4 is 0 Å². The molecule has 0 bridgehead atoms. The van der Waals surface area contributed by atoms with Crippen LogP contribution in [0.4, 0.5) is 4.79 Å². The molecule has 0 saturated heterocycles. The van der Waals surface area contributed by atoms with Crippen molar-refractivity contribution in [1.29, 1.82) is 0 Å². The molecule has 190 valence electrons. The summed E-state index contributed by atoms with van der Waals surface area (Å²) in [6, 6.07) is 13.5. The predicted molar refractivity (Wildman–Crippen MR) is 135 cm³/mol. The highest BCUT2D eigenvalue weighted by molar-refractivity contribution is 5.82. The van der Waals surface area contributed by atoms with E-state index in [4.69, 9.17) is 9.72 Å². The monoisotopic (exact) mass is 491 g/mol. The third kappa shape index (κ3) is 4.34. The van der Waals surface area contributed by atoms with E-state index in [1.807, 2.05) is 37.3 Å². The summed E-state index contributed by atoms with van der Waals surface area (Å²) < 4.78 is 7.12. The van der Waals surface area contributed by atoms with Gasteiger partial charge < -0.3 is 24.4 Å². The fraction of sp³-hybridized carbons (Fsp3) is 0.464. The van der Waals surface area contributed by atoms with E-state index in [1.165, 1.54) is 12.7 Å². The number of carbonyl (C=O) groups is 2. The number of ether oxygens (including phenoxy) is 1. The molecule has 36 heavy (non-hydrogen) atoms. The summed E-state index contributed by atoms with van der Waals surface area (Å²) >= 11 is 0. The Morgan fingerprint density at radius 2 is 1.81 bits per heavy atom. The maximum absolute atomic E-state index is 12.3. The number of fused-ring (bicyclic) bond motifs is 3. The van der Waals surface area contributed by atoms with Gasteiger partial charge in [0.2, 0.25) is 0 Å². The third-order valence-electron chi connectivity index (χ3n) is 7.97. The maximum Gasteiger partial charge on any atom is 0.409 e. The average Bonchev–Trinajstić information content (AvgIpc) is 3.32. The summed E-state index contributed by atoms with van der Waals surface area (Å²) in [6.45, 7) is 3.03. The molecule has 1 fully saturated rings. The third-order valence-corrected chi connectivity index (χ3v) is 7.97.